The van der Waals surface area contributed by atoms with E-state index in [4.69, 9.17) is 4.74 Å². The van der Waals surface area contributed by atoms with Crippen molar-refractivity contribution in [2.24, 2.45) is 41.4 Å². The van der Waals surface area contributed by atoms with Gasteiger partial charge in [-0.1, -0.05) is 20.8 Å². The fraction of sp³-hybridized carbons (Fsp3) is 0.950. The molecule has 0 saturated heterocycles. The lowest BCUT2D eigenvalue weighted by Crippen LogP contribution is -2.40. The highest BCUT2D eigenvalue weighted by atomic mass is 16.6. The summed E-state index contributed by atoms with van der Waals surface area (Å²) in [5, 5.41) is 0. The van der Waals surface area contributed by atoms with Crippen molar-refractivity contribution in [1.82, 2.24) is 0 Å². The third-order valence-electron chi connectivity index (χ3n) is 8.30. The van der Waals surface area contributed by atoms with Gasteiger partial charge in [0.1, 0.15) is 5.60 Å². The molecule has 8 atom stereocenters. The number of hydrogen-bond acceptors (Lipinski definition) is 2. The van der Waals surface area contributed by atoms with Crippen LogP contribution < -0.4 is 0 Å². The van der Waals surface area contributed by atoms with Crippen molar-refractivity contribution in [3.63, 3.8) is 0 Å². The molecule has 0 amide bonds. The Kier molecular flexibility index (Phi) is 3.58. The van der Waals surface area contributed by atoms with Crippen LogP contribution in [0.25, 0.3) is 0 Å². The van der Waals surface area contributed by atoms with Crippen LogP contribution in [0.5, 0.6) is 0 Å². The van der Waals surface area contributed by atoms with Gasteiger partial charge in [-0.3, -0.25) is 4.79 Å². The number of carbonyl (C=O) groups is 1. The zero-order valence-corrected chi connectivity index (χ0v) is 14.5. The molecule has 2 nitrogen and oxygen atoms in total. The monoisotopic (exact) mass is 304 g/mol. The highest BCUT2D eigenvalue weighted by molar-refractivity contribution is 5.70. The molecule has 4 bridgehead atoms. The first-order chi connectivity index (χ1) is 10.5. The van der Waals surface area contributed by atoms with E-state index in [1.807, 2.05) is 0 Å². The predicted molar refractivity (Wildman–Crippen MR) is 87.2 cm³/mol. The topological polar surface area (TPSA) is 26.3 Å². The summed E-state index contributed by atoms with van der Waals surface area (Å²) in [4.78, 5) is 12.6. The fourth-order valence-corrected chi connectivity index (χ4v) is 6.84. The van der Waals surface area contributed by atoms with Crippen LogP contribution in [0.15, 0.2) is 0 Å². The number of carbonyl (C=O) groups excluding carboxylic acids is 1. The molecule has 0 radical (unpaired) electrons. The third-order valence-corrected chi connectivity index (χ3v) is 8.30. The summed E-state index contributed by atoms with van der Waals surface area (Å²) in [6.45, 7) is 7.02. The molecule has 0 aromatic carbocycles. The lowest BCUT2D eigenvalue weighted by molar-refractivity contribution is -0.168. The van der Waals surface area contributed by atoms with Gasteiger partial charge in [0.2, 0.25) is 0 Å². The predicted octanol–water partition coefficient (Wildman–Crippen LogP) is 4.82. The molecule has 0 aromatic heterocycles. The maximum absolute atomic E-state index is 12.6. The molecule has 0 aliphatic heterocycles. The van der Waals surface area contributed by atoms with Crippen molar-refractivity contribution in [3.05, 3.63) is 0 Å². The summed E-state index contributed by atoms with van der Waals surface area (Å²) in [6.07, 6.45) is 9.45. The molecular weight excluding hydrogens is 272 g/mol. The SMILES string of the molecule is CCC1(OC(=O)CC2CC3CC2C(C)C3C)CC2CCC1C2. The summed E-state index contributed by atoms with van der Waals surface area (Å²) in [6, 6.07) is 0. The van der Waals surface area contributed by atoms with Crippen LogP contribution in [0, 0.1) is 41.4 Å². The normalized spacial score (nSPS) is 52.4. The van der Waals surface area contributed by atoms with E-state index in [9.17, 15) is 4.79 Å². The lowest BCUT2D eigenvalue weighted by Gasteiger charge is -2.37. The number of hydrogen-bond donors (Lipinski definition) is 0. The van der Waals surface area contributed by atoms with Gasteiger partial charge >= 0.3 is 5.97 Å². The van der Waals surface area contributed by atoms with Crippen LogP contribution in [-0.4, -0.2) is 11.6 Å². The molecule has 0 heterocycles. The van der Waals surface area contributed by atoms with Crippen molar-refractivity contribution in [3.8, 4) is 0 Å². The van der Waals surface area contributed by atoms with E-state index in [1.54, 1.807) is 0 Å². The summed E-state index contributed by atoms with van der Waals surface area (Å²) in [5.74, 6) is 5.55. The van der Waals surface area contributed by atoms with E-state index in [-0.39, 0.29) is 11.6 Å². The second kappa shape index (κ2) is 5.24. The number of rotatable bonds is 4. The van der Waals surface area contributed by atoms with Gasteiger partial charge < -0.3 is 4.74 Å². The van der Waals surface area contributed by atoms with Gasteiger partial charge in [0.15, 0.2) is 0 Å². The Balaban J connectivity index is 1.37. The number of ether oxygens (including phenoxy) is 1. The summed E-state index contributed by atoms with van der Waals surface area (Å²) in [7, 11) is 0. The molecule has 4 aliphatic carbocycles. The van der Waals surface area contributed by atoms with Gasteiger partial charge in [-0.15, -0.1) is 0 Å². The van der Waals surface area contributed by atoms with Crippen molar-refractivity contribution >= 4 is 5.97 Å². The minimum Gasteiger partial charge on any atom is -0.459 e. The van der Waals surface area contributed by atoms with Gasteiger partial charge in [-0.2, -0.15) is 0 Å². The molecule has 8 unspecified atom stereocenters. The molecule has 4 aliphatic rings. The molecule has 0 aromatic rings. The summed E-state index contributed by atoms with van der Waals surface area (Å²) < 4.78 is 6.17. The molecule has 4 rings (SSSR count). The standard InChI is InChI=1S/C20H32O2/c1-4-20(11-14-5-6-17(20)7-14)22-19(21)10-16-8-15-9-18(16)13(3)12(15)2/h12-18H,4-11H2,1-3H3. The lowest BCUT2D eigenvalue weighted by atomic mass is 9.74. The van der Waals surface area contributed by atoms with Crippen molar-refractivity contribution in [2.75, 3.05) is 0 Å². The maximum Gasteiger partial charge on any atom is 0.306 e. The van der Waals surface area contributed by atoms with Gasteiger partial charge in [0, 0.05) is 6.42 Å². The molecule has 0 N–H and O–H groups in total. The second-order valence-electron chi connectivity index (χ2n) is 9.05. The Morgan fingerprint density at radius 2 is 1.95 bits per heavy atom. The third kappa shape index (κ3) is 2.16. The number of esters is 1. The van der Waals surface area contributed by atoms with Gasteiger partial charge in [-0.05, 0) is 86.4 Å². The maximum atomic E-state index is 12.6. The molecule has 0 spiro atoms. The van der Waals surface area contributed by atoms with Crippen LogP contribution in [0.3, 0.4) is 0 Å². The van der Waals surface area contributed by atoms with Crippen molar-refractivity contribution < 1.29 is 9.53 Å². The molecular formula is C20H32O2. The van der Waals surface area contributed by atoms with E-state index in [2.05, 4.69) is 20.8 Å². The Morgan fingerprint density at radius 3 is 2.50 bits per heavy atom. The second-order valence-corrected chi connectivity index (χ2v) is 9.05. The zero-order chi connectivity index (χ0) is 15.5. The van der Waals surface area contributed by atoms with Crippen LogP contribution >= 0.6 is 0 Å². The van der Waals surface area contributed by atoms with E-state index in [0.29, 0.717) is 18.3 Å². The fourth-order valence-electron chi connectivity index (χ4n) is 6.84. The molecule has 4 saturated carbocycles. The van der Waals surface area contributed by atoms with Gasteiger partial charge in [0.25, 0.3) is 0 Å². The Morgan fingerprint density at radius 1 is 1.14 bits per heavy atom. The Labute approximate surface area is 135 Å². The first-order valence-corrected chi connectivity index (χ1v) is 9.74. The quantitative estimate of drug-likeness (QED) is 0.696. The highest BCUT2D eigenvalue weighted by Gasteiger charge is 2.53. The van der Waals surface area contributed by atoms with Crippen LogP contribution in [0.1, 0.15) is 72.1 Å². The molecule has 22 heavy (non-hydrogen) atoms. The summed E-state index contributed by atoms with van der Waals surface area (Å²) in [5.41, 5.74) is -0.0868. The Hall–Kier alpha value is -0.530. The zero-order valence-electron chi connectivity index (χ0n) is 14.5. The summed E-state index contributed by atoms with van der Waals surface area (Å²) >= 11 is 0. The van der Waals surface area contributed by atoms with Crippen LogP contribution in [0.2, 0.25) is 0 Å². The molecule has 2 heteroatoms. The average molecular weight is 304 g/mol. The van der Waals surface area contributed by atoms with Gasteiger partial charge in [-0.25, -0.2) is 0 Å². The highest BCUT2D eigenvalue weighted by Crippen LogP contribution is 2.57. The van der Waals surface area contributed by atoms with E-state index in [0.717, 1.165) is 42.4 Å². The van der Waals surface area contributed by atoms with Crippen molar-refractivity contribution in [1.29, 1.82) is 0 Å². The van der Waals surface area contributed by atoms with Crippen LogP contribution in [0.4, 0.5) is 0 Å². The minimum absolute atomic E-state index is 0.0868. The average Bonchev–Trinajstić information content (AvgIpc) is 3.22. The van der Waals surface area contributed by atoms with E-state index >= 15 is 0 Å². The van der Waals surface area contributed by atoms with Crippen LogP contribution in [-0.2, 0) is 9.53 Å². The van der Waals surface area contributed by atoms with Gasteiger partial charge in [0.05, 0.1) is 0 Å². The molecule has 4 fully saturated rings. The van der Waals surface area contributed by atoms with E-state index in [1.165, 1.54) is 32.1 Å². The number of fused-ring (bicyclic) bond motifs is 4. The first-order valence-electron chi connectivity index (χ1n) is 9.74. The Bertz CT molecular complexity index is 457. The van der Waals surface area contributed by atoms with E-state index < -0.39 is 0 Å². The smallest absolute Gasteiger partial charge is 0.306 e. The largest absolute Gasteiger partial charge is 0.459 e. The van der Waals surface area contributed by atoms with Crippen molar-refractivity contribution in [2.45, 2.75) is 77.7 Å². The molecule has 124 valence electrons. The minimum atomic E-state index is -0.0868. The first kappa shape index (κ1) is 15.0.